The van der Waals surface area contributed by atoms with Crippen molar-refractivity contribution in [2.24, 2.45) is 0 Å². The van der Waals surface area contributed by atoms with Gasteiger partial charge in [0.05, 0.1) is 6.61 Å². The summed E-state index contributed by atoms with van der Waals surface area (Å²) in [6.45, 7) is 2.43. The molecule has 4 nitrogen and oxygen atoms in total. The van der Waals surface area contributed by atoms with Crippen molar-refractivity contribution < 1.29 is 69.9 Å². The fourth-order valence-corrected chi connectivity index (χ4v) is 3.19. The van der Waals surface area contributed by atoms with Crippen LogP contribution in [0.2, 0.25) is 0 Å². The fraction of sp³-hybridized carbons (Fsp3) is 0.667. The van der Waals surface area contributed by atoms with E-state index in [-0.39, 0.29) is 63.7 Å². The molecule has 0 fully saturated rings. The summed E-state index contributed by atoms with van der Waals surface area (Å²) >= 11 is 0. The standard InChI is InChI=1S/C18H31O4P.K/c1-2-3-4-5-6-7-8-9-10-14-17-21-23(19,20)22-18-15-12-11-13-16-18;/h11-13,15-16H,2-10,14,17H2,1H3,(H,19,20);/q;+1/p-1. The molecule has 0 N–H and O–H groups in total. The third-order valence-electron chi connectivity index (χ3n) is 3.71. The van der Waals surface area contributed by atoms with Gasteiger partial charge in [-0.3, -0.25) is 4.57 Å². The topological polar surface area (TPSA) is 58.6 Å². The second-order valence-corrected chi connectivity index (χ2v) is 7.20. The Hall–Kier alpha value is 0.806. The molecule has 1 aromatic rings. The Morgan fingerprint density at radius 2 is 1.38 bits per heavy atom. The van der Waals surface area contributed by atoms with Gasteiger partial charge in [0.1, 0.15) is 5.75 Å². The van der Waals surface area contributed by atoms with Crippen LogP contribution < -0.4 is 60.8 Å². The predicted molar refractivity (Wildman–Crippen MR) is 92.5 cm³/mol. The molecule has 1 atom stereocenters. The van der Waals surface area contributed by atoms with Crippen molar-refractivity contribution in [2.75, 3.05) is 6.61 Å². The van der Waals surface area contributed by atoms with Gasteiger partial charge in [0.2, 0.25) is 0 Å². The van der Waals surface area contributed by atoms with E-state index in [1.165, 1.54) is 44.9 Å². The first kappa shape index (κ1) is 24.8. The number of hydrogen-bond acceptors (Lipinski definition) is 4. The van der Waals surface area contributed by atoms with E-state index in [1.807, 2.05) is 0 Å². The molecule has 0 aromatic heterocycles. The number of hydrogen-bond donors (Lipinski definition) is 0. The normalized spacial score (nSPS) is 13.1. The summed E-state index contributed by atoms with van der Waals surface area (Å²) in [6.07, 6.45) is 12.0. The summed E-state index contributed by atoms with van der Waals surface area (Å²) in [5.74, 6) is 0.286. The minimum atomic E-state index is -4.24. The van der Waals surface area contributed by atoms with Crippen LogP contribution in [-0.4, -0.2) is 6.61 Å². The molecule has 0 heterocycles. The van der Waals surface area contributed by atoms with Gasteiger partial charge in [0, 0.05) is 0 Å². The first-order valence-electron chi connectivity index (χ1n) is 8.84. The van der Waals surface area contributed by atoms with Gasteiger partial charge in [-0.25, -0.2) is 0 Å². The minimum absolute atomic E-state index is 0. The average Bonchev–Trinajstić information content (AvgIpc) is 2.53. The van der Waals surface area contributed by atoms with Crippen LogP contribution in [0.1, 0.15) is 71.1 Å². The first-order chi connectivity index (χ1) is 11.1. The molecule has 0 amide bonds. The number of para-hydroxylation sites is 1. The molecule has 1 aromatic carbocycles. The Morgan fingerprint density at radius 3 is 1.92 bits per heavy atom. The molecule has 6 heteroatoms. The minimum Gasteiger partial charge on any atom is -0.746 e. The zero-order valence-corrected chi connectivity index (χ0v) is 19.3. The number of unbranched alkanes of at least 4 members (excludes halogenated alkanes) is 9. The maximum Gasteiger partial charge on any atom is 1.00 e. The van der Waals surface area contributed by atoms with Gasteiger partial charge in [0.15, 0.2) is 0 Å². The van der Waals surface area contributed by atoms with E-state index in [2.05, 4.69) is 6.92 Å². The van der Waals surface area contributed by atoms with Crippen LogP contribution in [0.4, 0.5) is 0 Å². The summed E-state index contributed by atoms with van der Waals surface area (Å²) in [7, 11) is -4.24. The summed E-state index contributed by atoms with van der Waals surface area (Å²) in [4.78, 5) is 11.6. The number of phosphoric acid groups is 1. The van der Waals surface area contributed by atoms with Crippen LogP contribution in [0, 0.1) is 0 Å². The summed E-state index contributed by atoms with van der Waals surface area (Å²) in [5, 5.41) is 0. The van der Waals surface area contributed by atoms with Gasteiger partial charge >= 0.3 is 59.2 Å². The van der Waals surface area contributed by atoms with Gasteiger partial charge in [0.25, 0.3) is 0 Å². The third kappa shape index (κ3) is 14.0. The van der Waals surface area contributed by atoms with Crippen LogP contribution in [0.5, 0.6) is 5.75 Å². The van der Waals surface area contributed by atoms with E-state index in [0.717, 1.165) is 19.3 Å². The molecule has 0 bridgehead atoms. The van der Waals surface area contributed by atoms with Crippen molar-refractivity contribution in [3.05, 3.63) is 30.3 Å². The van der Waals surface area contributed by atoms with E-state index in [4.69, 9.17) is 9.05 Å². The molecule has 1 rings (SSSR count). The van der Waals surface area contributed by atoms with E-state index in [1.54, 1.807) is 30.3 Å². The molecule has 1 unspecified atom stereocenters. The maximum absolute atomic E-state index is 11.6. The molecule has 132 valence electrons. The van der Waals surface area contributed by atoms with Crippen molar-refractivity contribution >= 4 is 7.82 Å². The summed E-state index contributed by atoms with van der Waals surface area (Å²) in [5.41, 5.74) is 0. The Balaban J connectivity index is 0.00000529. The van der Waals surface area contributed by atoms with Crippen LogP contribution >= 0.6 is 7.82 Å². The third-order valence-corrected chi connectivity index (χ3v) is 4.64. The molecular weight excluding hydrogens is 350 g/mol. The average molecular weight is 381 g/mol. The van der Waals surface area contributed by atoms with E-state index in [9.17, 15) is 9.46 Å². The SMILES string of the molecule is CCCCCCCCCCCCOP(=O)([O-])Oc1ccccc1.[K+]. The number of phosphoric ester groups is 1. The zero-order chi connectivity index (χ0) is 16.8. The van der Waals surface area contributed by atoms with Crippen molar-refractivity contribution in [3.8, 4) is 5.75 Å². The molecule has 0 radical (unpaired) electrons. The van der Waals surface area contributed by atoms with E-state index < -0.39 is 7.82 Å². The van der Waals surface area contributed by atoms with Crippen LogP contribution in [0.25, 0.3) is 0 Å². The monoisotopic (exact) mass is 380 g/mol. The largest absolute Gasteiger partial charge is 1.00 e. The van der Waals surface area contributed by atoms with Gasteiger partial charge in [-0.2, -0.15) is 0 Å². The number of rotatable bonds is 14. The van der Waals surface area contributed by atoms with Crippen molar-refractivity contribution in [2.45, 2.75) is 71.1 Å². The molecule has 0 saturated carbocycles. The Kier molecular flexibility index (Phi) is 16.6. The molecule has 0 spiro atoms. The Bertz CT molecular complexity index is 442. The van der Waals surface area contributed by atoms with Gasteiger partial charge in [-0.15, -0.1) is 0 Å². The van der Waals surface area contributed by atoms with Crippen molar-refractivity contribution in [1.82, 2.24) is 0 Å². The van der Waals surface area contributed by atoms with Gasteiger partial charge < -0.3 is 13.9 Å². The molecule has 0 aliphatic rings. The maximum atomic E-state index is 11.6. The smallest absolute Gasteiger partial charge is 0.746 e. The van der Waals surface area contributed by atoms with Gasteiger partial charge in [-0.1, -0.05) is 82.9 Å². The molecule has 0 aliphatic carbocycles. The van der Waals surface area contributed by atoms with Crippen molar-refractivity contribution in [1.29, 1.82) is 0 Å². The summed E-state index contributed by atoms with van der Waals surface area (Å²) < 4.78 is 21.4. The van der Waals surface area contributed by atoms with E-state index >= 15 is 0 Å². The number of benzene rings is 1. The molecule has 0 saturated heterocycles. The summed E-state index contributed by atoms with van der Waals surface area (Å²) in [6, 6.07) is 8.42. The second-order valence-electron chi connectivity index (χ2n) is 5.87. The quantitative estimate of drug-likeness (QED) is 0.283. The fourth-order valence-electron chi connectivity index (χ4n) is 2.40. The molecule has 24 heavy (non-hydrogen) atoms. The Morgan fingerprint density at radius 1 is 0.875 bits per heavy atom. The van der Waals surface area contributed by atoms with Crippen LogP contribution in [-0.2, 0) is 9.09 Å². The van der Waals surface area contributed by atoms with Crippen LogP contribution in [0.3, 0.4) is 0 Å². The second kappa shape index (κ2) is 16.0. The van der Waals surface area contributed by atoms with Crippen molar-refractivity contribution in [3.63, 3.8) is 0 Å². The Labute approximate surface area is 189 Å². The zero-order valence-electron chi connectivity index (χ0n) is 15.2. The molecular formula is C18H30KO4P. The predicted octanol–water partition coefficient (Wildman–Crippen LogP) is 2.48. The van der Waals surface area contributed by atoms with Gasteiger partial charge in [-0.05, 0) is 18.6 Å². The van der Waals surface area contributed by atoms with Crippen LogP contribution in [0.15, 0.2) is 30.3 Å². The molecule has 0 aliphatic heterocycles. The first-order valence-corrected chi connectivity index (χ1v) is 10.3. The van der Waals surface area contributed by atoms with E-state index in [0.29, 0.717) is 0 Å².